The Hall–Kier alpha value is -0.520. The quantitative estimate of drug-likeness (QED) is 0.856. The van der Waals surface area contributed by atoms with E-state index >= 15 is 0 Å². The summed E-state index contributed by atoms with van der Waals surface area (Å²) in [5.74, 6) is -0.221. The number of methoxy groups -OCH3 is 1. The number of carbonyl (C=O) groups excluding carboxylic acids is 1. The summed E-state index contributed by atoms with van der Waals surface area (Å²) in [6.07, 6.45) is 2.06. The number of hydrogen-bond donors (Lipinski definition) is 2. The van der Waals surface area contributed by atoms with Crippen LogP contribution in [0.4, 0.5) is 0 Å². The maximum Gasteiger partial charge on any atom is 0.252 e. The number of nitrogens with one attached hydrogen (secondary N) is 2. The topological polar surface area (TPSA) is 50.4 Å². The molecule has 1 atom stereocenters. The maximum atomic E-state index is 12.2. The molecule has 4 nitrogen and oxygen atoms in total. The van der Waals surface area contributed by atoms with E-state index in [1.54, 1.807) is 25.3 Å². The first kappa shape index (κ1) is 18.5. The van der Waals surface area contributed by atoms with Crippen molar-refractivity contribution in [1.29, 1.82) is 0 Å². The molecule has 0 radical (unpaired) electrons. The van der Waals surface area contributed by atoms with Gasteiger partial charge in [-0.25, -0.2) is 0 Å². The molecule has 0 bridgehead atoms. The maximum absolute atomic E-state index is 12.2. The van der Waals surface area contributed by atoms with Gasteiger partial charge in [0.05, 0.1) is 27.8 Å². The molecule has 0 spiro atoms. The van der Waals surface area contributed by atoms with Gasteiger partial charge in [-0.05, 0) is 31.5 Å². The second-order valence-corrected chi connectivity index (χ2v) is 5.81. The van der Waals surface area contributed by atoms with Crippen molar-refractivity contribution in [2.75, 3.05) is 26.8 Å². The minimum absolute atomic E-state index is 0. The van der Waals surface area contributed by atoms with Crippen molar-refractivity contribution in [3.05, 3.63) is 33.8 Å². The van der Waals surface area contributed by atoms with Gasteiger partial charge in [-0.2, -0.15) is 0 Å². The Morgan fingerprint density at radius 2 is 2.24 bits per heavy atom. The monoisotopic (exact) mass is 352 g/mol. The van der Waals surface area contributed by atoms with Gasteiger partial charge in [-0.3, -0.25) is 4.79 Å². The van der Waals surface area contributed by atoms with E-state index in [1.165, 1.54) is 0 Å². The van der Waals surface area contributed by atoms with Gasteiger partial charge in [0.15, 0.2) is 0 Å². The largest absolute Gasteiger partial charge is 0.383 e. The molecule has 1 aliphatic heterocycles. The van der Waals surface area contributed by atoms with Crippen molar-refractivity contribution in [3.63, 3.8) is 0 Å². The fourth-order valence-corrected chi connectivity index (χ4v) is 2.88. The van der Waals surface area contributed by atoms with Crippen molar-refractivity contribution in [3.8, 4) is 0 Å². The molecule has 0 aromatic heterocycles. The first-order valence-corrected chi connectivity index (χ1v) is 7.30. The van der Waals surface area contributed by atoms with Crippen LogP contribution < -0.4 is 10.6 Å². The van der Waals surface area contributed by atoms with Crippen LogP contribution in [0.3, 0.4) is 0 Å². The molecule has 118 valence electrons. The highest BCUT2D eigenvalue weighted by molar-refractivity contribution is 6.43. The SMILES string of the molecule is COCC1(CNC(=O)c2cccc(Cl)c2Cl)CCCN1.Cl. The Labute approximate surface area is 140 Å². The van der Waals surface area contributed by atoms with E-state index in [0.717, 1.165) is 19.4 Å². The number of halogens is 3. The molecule has 1 fully saturated rings. The lowest BCUT2D eigenvalue weighted by atomic mass is 9.98. The summed E-state index contributed by atoms with van der Waals surface area (Å²) in [6.45, 7) is 2.01. The third-order valence-electron chi connectivity index (χ3n) is 3.54. The molecule has 1 aromatic rings. The van der Waals surface area contributed by atoms with Gasteiger partial charge in [0.25, 0.3) is 5.91 Å². The Balaban J connectivity index is 0.00000220. The molecule has 1 amide bonds. The lowest BCUT2D eigenvalue weighted by Gasteiger charge is -2.29. The minimum atomic E-state index is -0.221. The van der Waals surface area contributed by atoms with E-state index in [0.29, 0.717) is 23.7 Å². The van der Waals surface area contributed by atoms with E-state index in [1.807, 2.05) is 0 Å². The number of amides is 1. The summed E-state index contributed by atoms with van der Waals surface area (Å²) in [7, 11) is 1.66. The number of hydrogen-bond acceptors (Lipinski definition) is 3. The van der Waals surface area contributed by atoms with E-state index in [9.17, 15) is 4.79 Å². The zero-order chi connectivity index (χ0) is 14.6. The van der Waals surface area contributed by atoms with Crippen molar-refractivity contribution in [1.82, 2.24) is 10.6 Å². The Kier molecular flexibility index (Phi) is 7.24. The zero-order valence-electron chi connectivity index (χ0n) is 11.7. The van der Waals surface area contributed by atoms with E-state index in [4.69, 9.17) is 27.9 Å². The summed E-state index contributed by atoms with van der Waals surface area (Å²) < 4.78 is 5.25. The van der Waals surface area contributed by atoms with Crippen molar-refractivity contribution < 1.29 is 9.53 Å². The van der Waals surface area contributed by atoms with Crippen molar-refractivity contribution in [2.45, 2.75) is 18.4 Å². The standard InChI is InChI=1S/C14H18Cl2N2O2.ClH/c1-20-9-14(6-3-7-18-14)8-17-13(19)10-4-2-5-11(15)12(10)16;/h2,4-5,18H,3,6-9H2,1H3,(H,17,19);1H. The highest BCUT2D eigenvalue weighted by Crippen LogP contribution is 2.25. The predicted octanol–water partition coefficient (Wildman–Crippen LogP) is 2.91. The Morgan fingerprint density at radius 3 is 2.86 bits per heavy atom. The zero-order valence-corrected chi connectivity index (χ0v) is 14.1. The molecular weight excluding hydrogens is 335 g/mol. The third kappa shape index (κ3) is 4.47. The second kappa shape index (κ2) is 8.20. The molecule has 21 heavy (non-hydrogen) atoms. The van der Waals surface area contributed by atoms with Crippen LogP contribution in [0, 0.1) is 0 Å². The van der Waals surface area contributed by atoms with Gasteiger partial charge in [0.2, 0.25) is 0 Å². The molecule has 1 aromatic carbocycles. The van der Waals surface area contributed by atoms with E-state index in [-0.39, 0.29) is 28.9 Å². The highest BCUT2D eigenvalue weighted by atomic mass is 35.5. The lowest BCUT2D eigenvalue weighted by Crippen LogP contribution is -2.53. The van der Waals surface area contributed by atoms with Gasteiger partial charge in [0, 0.05) is 13.7 Å². The van der Waals surface area contributed by atoms with Crippen LogP contribution in [0.25, 0.3) is 0 Å². The van der Waals surface area contributed by atoms with Crippen LogP contribution in [-0.2, 0) is 4.74 Å². The minimum Gasteiger partial charge on any atom is -0.383 e. The molecule has 7 heteroatoms. The number of carbonyl (C=O) groups is 1. The van der Waals surface area contributed by atoms with Crippen LogP contribution in [0.5, 0.6) is 0 Å². The fourth-order valence-electron chi connectivity index (χ4n) is 2.49. The highest BCUT2D eigenvalue weighted by Gasteiger charge is 2.34. The van der Waals surface area contributed by atoms with Crippen LogP contribution >= 0.6 is 35.6 Å². The summed E-state index contributed by atoms with van der Waals surface area (Å²) in [5.41, 5.74) is 0.208. The van der Waals surface area contributed by atoms with Crippen LogP contribution in [0.15, 0.2) is 18.2 Å². The van der Waals surface area contributed by atoms with Gasteiger partial charge < -0.3 is 15.4 Å². The van der Waals surface area contributed by atoms with Gasteiger partial charge in [-0.15, -0.1) is 12.4 Å². The summed E-state index contributed by atoms with van der Waals surface area (Å²) in [5, 5.41) is 6.98. The Bertz CT molecular complexity index is 491. The van der Waals surface area contributed by atoms with Gasteiger partial charge in [-0.1, -0.05) is 29.3 Å². The van der Waals surface area contributed by atoms with Crippen LogP contribution in [0.1, 0.15) is 23.2 Å². The first-order valence-electron chi connectivity index (χ1n) is 6.54. The molecule has 1 saturated heterocycles. The Morgan fingerprint density at radius 1 is 1.48 bits per heavy atom. The average molecular weight is 354 g/mol. The summed E-state index contributed by atoms with van der Waals surface area (Å²) in [6, 6.07) is 5.03. The summed E-state index contributed by atoms with van der Waals surface area (Å²) in [4.78, 5) is 12.2. The summed E-state index contributed by atoms with van der Waals surface area (Å²) >= 11 is 12.0. The smallest absolute Gasteiger partial charge is 0.252 e. The molecule has 1 unspecified atom stereocenters. The number of benzene rings is 1. The third-order valence-corrected chi connectivity index (χ3v) is 4.36. The molecule has 2 rings (SSSR count). The molecule has 1 aliphatic rings. The van der Waals surface area contributed by atoms with Gasteiger partial charge in [0.1, 0.15) is 0 Å². The molecule has 1 heterocycles. The van der Waals surface area contributed by atoms with E-state index in [2.05, 4.69) is 10.6 Å². The normalized spacial score (nSPS) is 20.9. The first-order chi connectivity index (χ1) is 9.58. The van der Waals surface area contributed by atoms with Crippen LogP contribution in [0.2, 0.25) is 10.0 Å². The lowest BCUT2D eigenvalue weighted by molar-refractivity contribution is 0.0892. The van der Waals surface area contributed by atoms with E-state index < -0.39 is 0 Å². The molecule has 0 aliphatic carbocycles. The average Bonchev–Trinajstić information content (AvgIpc) is 2.89. The van der Waals surface area contributed by atoms with Crippen molar-refractivity contribution in [2.24, 2.45) is 0 Å². The molecule has 2 N–H and O–H groups in total. The van der Waals surface area contributed by atoms with Crippen molar-refractivity contribution >= 4 is 41.5 Å². The predicted molar refractivity (Wildman–Crippen MR) is 87.9 cm³/mol. The fraction of sp³-hybridized carbons (Fsp3) is 0.500. The molecule has 0 saturated carbocycles. The van der Waals surface area contributed by atoms with Crippen LogP contribution in [-0.4, -0.2) is 38.3 Å². The number of rotatable bonds is 5. The number of ether oxygens (including phenoxy) is 1. The second-order valence-electron chi connectivity index (χ2n) is 5.03. The molecular formula is C14H19Cl3N2O2. The van der Waals surface area contributed by atoms with Gasteiger partial charge >= 0.3 is 0 Å².